The molecule has 0 radical (unpaired) electrons. The quantitative estimate of drug-likeness (QED) is 0.776. The number of rotatable bonds is 7. The van der Waals surface area contributed by atoms with E-state index < -0.39 is 10.0 Å². The smallest absolute Gasteiger partial charge is 0.242 e. The lowest BCUT2D eigenvalue weighted by Crippen LogP contribution is -2.27. The second kappa shape index (κ2) is 5.63. The van der Waals surface area contributed by atoms with E-state index in [-0.39, 0.29) is 0 Å². The van der Waals surface area contributed by atoms with E-state index in [4.69, 9.17) is 5.73 Å². The van der Waals surface area contributed by atoms with Gasteiger partial charge in [-0.15, -0.1) is 0 Å². The first-order valence-corrected chi connectivity index (χ1v) is 8.44. The molecular weight excluding hydrogens is 290 g/mol. The van der Waals surface area contributed by atoms with Gasteiger partial charge in [-0.1, -0.05) is 0 Å². The van der Waals surface area contributed by atoms with Crippen LogP contribution in [0.1, 0.15) is 24.6 Å². The fraction of sp³-hybridized carbons (Fsp3) is 0.462. The molecule has 21 heavy (non-hydrogen) atoms. The molecule has 0 atom stereocenters. The number of hydrogen-bond donors (Lipinski definition) is 2. The summed E-state index contributed by atoms with van der Waals surface area (Å²) in [5.74, 6) is 0. The average Bonchev–Trinajstić information content (AvgIpc) is 3.00. The van der Waals surface area contributed by atoms with Crippen molar-refractivity contribution >= 4 is 10.0 Å². The van der Waals surface area contributed by atoms with Gasteiger partial charge in [-0.05, 0) is 18.9 Å². The van der Waals surface area contributed by atoms with Gasteiger partial charge in [0, 0.05) is 50.0 Å². The first-order chi connectivity index (χ1) is 10.1. The molecule has 114 valence electrons. The maximum absolute atomic E-state index is 12.3. The first-order valence-electron chi connectivity index (χ1n) is 6.96. The van der Waals surface area contributed by atoms with Crippen LogP contribution in [0.2, 0.25) is 0 Å². The van der Waals surface area contributed by atoms with Crippen molar-refractivity contribution in [2.45, 2.75) is 36.9 Å². The highest BCUT2D eigenvalue weighted by Gasteiger charge is 2.27. The molecule has 1 aliphatic rings. The van der Waals surface area contributed by atoms with Crippen molar-refractivity contribution in [3.05, 3.63) is 36.7 Å². The molecule has 3 rings (SSSR count). The van der Waals surface area contributed by atoms with Crippen molar-refractivity contribution in [3.8, 4) is 0 Å². The maximum atomic E-state index is 12.3. The molecular formula is C13H19N5O2S. The van der Waals surface area contributed by atoms with E-state index in [9.17, 15) is 8.42 Å². The van der Waals surface area contributed by atoms with E-state index in [2.05, 4.69) is 9.71 Å². The molecule has 0 amide bonds. The standard InChI is InChI=1S/C13H19N5O2S/c14-8-12-7-13(9-18(12)11-1-2-11)21(19,20)16-4-6-17-5-3-15-10-17/h3,5,7,9-11,16H,1-2,4,6,8,14H2. The van der Waals surface area contributed by atoms with Gasteiger partial charge >= 0.3 is 0 Å². The van der Waals surface area contributed by atoms with Crippen molar-refractivity contribution in [3.63, 3.8) is 0 Å². The SMILES string of the molecule is NCc1cc(S(=O)(=O)NCCn2ccnc2)cn1C1CC1. The predicted octanol–water partition coefficient (Wildman–Crippen LogP) is 0.457. The van der Waals surface area contributed by atoms with Crippen molar-refractivity contribution in [2.75, 3.05) is 6.54 Å². The van der Waals surface area contributed by atoms with E-state index in [1.54, 1.807) is 31.0 Å². The van der Waals surface area contributed by atoms with Gasteiger partial charge in [0.05, 0.1) is 11.2 Å². The Kier molecular flexibility index (Phi) is 3.83. The minimum Gasteiger partial charge on any atom is -0.346 e. The number of sulfonamides is 1. The summed E-state index contributed by atoms with van der Waals surface area (Å²) < 4.78 is 31.0. The van der Waals surface area contributed by atoms with Crippen LogP contribution in [0.15, 0.2) is 35.9 Å². The second-order valence-corrected chi connectivity index (χ2v) is 6.97. The second-order valence-electron chi connectivity index (χ2n) is 5.21. The maximum Gasteiger partial charge on any atom is 0.242 e. The summed E-state index contributed by atoms with van der Waals surface area (Å²) in [6, 6.07) is 2.08. The lowest BCUT2D eigenvalue weighted by Gasteiger charge is -2.05. The molecule has 0 saturated heterocycles. The Morgan fingerprint density at radius 1 is 1.43 bits per heavy atom. The fourth-order valence-electron chi connectivity index (χ4n) is 2.31. The van der Waals surface area contributed by atoms with Crippen molar-refractivity contribution < 1.29 is 8.42 Å². The van der Waals surface area contributed by atoms with Gasteiger partial charge in [-0.3, -0.25) is 0 Å². The fourth-order valence-corrected chi connectivity index (χ4v) is 3.38. The highest BCUT2D eigenvalue weighted by atomic mass is 32.2. The molecule has 3 N–H and O–H groups in total. The van der Waals surface area contributed by atoms with Crippen LogP contribution < -0.4 is 10.5 Å². The molecule has 0 bridgehead atoms. The number of nitrogens with one attached hydrogen (secondary N) is 1. The summed E-state index contributed by atoms with van der Waals surface area (Å²) >= 11 is 0. The van der Waals surface area contributed by atoms with Crippen LogP contribution in [-0.4, -0.2) is 29.1 Å². The average molecular weight is 309 g/mol. The molecule has 2 aromatic heterocycles. The molecule has 0 spiro atoms. The minimum atomic E-state index is -3.49. The number of hydrogen-bond acceptors (Lipinski definition) is 4. The monoisotopic (exact) mass is 309 g/mol. The van der Waals surface area contributed by atoms with Crippen LogP contribution in [0.3, 0.4) is 0 Å². The highest BCUT2D eigenvalue weighted by Crippen LogP contribution is 2.37. The molecule has 1 fully saturated rings. The van der Waals surface area contributed by atoms with Gasteiger partial charge < -0.3 is 14.9 Å². The molecule has 0 unspecified atom stereocenters. The largest absolute Gasteiger partial charge is 0.346 e. The zero-order valence-electron chi connectivity index (χ0n) is 11.6. The van der Waals surface area contributed by atoms with Crippen LogP contribution in [0.5, 0.6) is 0 Å². The predicted molar refractivity (Wildman–Crippen MR) is 78.0 cm³/mol. The topological polar surface area (TPSA) is 94.9 Å². The highest BCUT2D eigenvalue weighted by molar-refractivity contribution is 7.89. The third-order valence-electron chi connectivity index (χ3n) is 3.59. The third-order valence-corrected chi connectivity index (χ3v) is 5.02. The lowest BCUT2D eigenvalue weighted by atomic mass is 10.4. The van der Waals surface area contributed by atoms with E-state index in [0.29, 0.717) is 30.6 Å². The van der Waals surface area contributed by atoms with Gasteiger partial charge in [0.25, 0.3) is 0 Å². The van der Waals surface area contributed by atoms with Crippen LogP contribution in [0.25, 0.3) is 0 Å². The number of aromatic nitrogens is 3. The van der Waals surface area contributed by atoms with Crippen molar-refractivity contribution in [2.24, 2.45) is 5.73 Å². The number of nitrogens with zero attached hydrogens (tertiary/aromatic N) is 3. The summed E-state index contributed by atoms with van der Waals surface area (Å²) in [6.07, 6.45) is 9.00. The van der Waals surface area contributed by atoms with Gasteiger partial charge in [-0.2, -0.15) is 0 Å². The number of imidazole rings is 1. The van der Waals surface area contributed by atoms with Gasteiger partial charge in [0.1, 0.15) is 0 Å². The molecule has 2 heterocycles. The van der Waals surface area contributed by atoms with E-state index in [1.807, 2.05) is 9.13 Å². The molecule has 2 aromatic rings. The lowest BCUT2D eigenvalue weighted by molar-refractivity contribution is 0.572. The molecule has 8 heteroatoms. The minimum absolute atomic E-state index is 0.292. The van der Waals surface area contributed by atoms with Crippen LogP contribution in [-0.2, 0) is 23.1 Å². The van der Waals surface area contributed by atoms with Gasteiger partial charge in [0.15, 0.2) is 0 Å². The summed E-state index contributed by atoms with van der Waals surface area (Å²) in [6.45, 7) is 1.22. The Morgan fingerprint density at radius 2 is 2.24 bits per heavy atom. The van der Waals surface area contributed by atoms with Crippen molar-refractivity contribution in [1.29, 1.82) is 0 Å². The Balaban J connectivity index is 1.69. The summed E-state index contributed by atoms with van der Waals surface area (Å²) in [5.41, 5.74) is 6.56. The van der Waals surface area contributed by atoms with Gasteiger partial charge in [0.2, 0.25) is 10.0 Å². The van der Waals surface area contributed by atoms with E-state index >= 15 is 0 Å². The number of nitrogens with two attached hydrogens (primary N) is 1. The van der Waals surface area contributed by atoms with Gasteiger partial charge in [-0.25, -0.2) is 18.1 Å². The zero-order chi connectivity index (χ0) is 14.9. The summed E-state index contributed by atoms with van der Waals surface area (Å²) in [5, 5.41) is 0. The molecule has 0 aliphatic heterocycles. The van der Waals surface area contributed by atoms with Crippen LogP contribution in [0.4, 0.5) is 0 Å². The first kappa shape index (κ1) is 14.3. The Bertz CT molecular complexity index is 701. The zero-order valence-corrected chi connectivity index (χ0v) is 12.5. The molecule has 1 saturated carbocycles. The summed E-state index contributed by atoms with van der Waals surface area (Å²) in [7, 11) is -3.49. The van der Waals surface area contributed by atoms with Crippen LogP contribution in [0, 0.1) is 0 Å². The Morgan fingerprint density at radius 3 is 2.86 bits per heavy atom. The van der Waals surface area contributed by atoms with Crippen molar-refractivity contribution in [1.82, 2.24) is 18.8 Å². The van der Waals surface area contributed by atoms with E-state index in [0.717, 1.165) is 18.5 Å². The third kappa shape index (κ3) is 3.17. The molecule has 1 aliphatic carbocycles. The molecule has 0 aromatic carbocycles. The Hall–Kier alpha value is -1.64. The Labute approximate surface area is 123 Å². The molecule has 7 nitrogen and oxygen atoms in total. The van der Waals surface area contributed by atoms with Crippen LogP contribution >= 0.6 is 0 Å². The van der Waals surface area contributed by atoms with E-state index in [1.165, 1.54) is 0 Å². The normalized spacial score (nSPS) is 15.5. The summed E-state index contributed by atoms with van der Waals surface area (Å²) in [4.78, 5) is 4.21.